The van der Waals surface area contributed by atoms with E-state index in [0.717, 1.165) is 6.08 Å². The molecule has 0 unspecified atom stereocenters. The predicted octanol–water partition coefficient (Wildman–Crippen LogP) is 2.72. The van der Waals surface area contributed by atoms with Crippen LogP contribution in [0.5, 0.6) is 0 Å². The molecule has 0 spiro atoms. The predicted molar refractivity (Wildman–Crippen MR) is 65.2 cm³/mol. The molecule has 0 aromatic heterocycles. The van der Waals surface area contributed by atoms with Crippen LogP contribution >= 0.6 is 11.8 Å². The lowest BCUT2D eigenvalue weighted by molar-refractivity contribution is -0.387. The molecule has 0 radical (unpaired) electrons. The van der Waals surface area contributed by atoms with Gasteiger partial charge in [0.2, 0.25) is 0 Å². The molecule has 0 saturated carbocycles. The van der Waals surface area contributed by atoms with E-state index in [1.165, 1.54) is 17.8 Å². The van der Waals surface area contributed by atoms with Crippen LogP contribution < -0.4 is 0 Å². The topological polar surface area (TPSA) is 80.4 Å². The van der Waals surface area contributed by atoms with Crippen LogP contribution in [0.3, 0.4) is 0 Å². The first-order valence-corrected chi connectivity index (χ1v) is 5.75. The molecule has 0 fully saturated rings. The minimum absolute atomic E-state index is 0.0422. The Kier molecular flexibility index (Phi) is 4.71. The quantitative estimate of drug-likeness (QED) is 0.377. The summed E-state index contributed by atoms with van der Waals surface area (Å²) < 4.78 is 0. The van der Waals surface area contributed by atoms with Crippen molar-refractivity contribution in [1.82, 2.24) is 0 Å². The molecule has 0 saturated heterocycles. The fourth-order valence-electron chi connectivity index (χ4n) is 1.17. The maximum Gasteiger partial charge on any atom is 0.328 e. The number of hydrogen-bond acceptors (Lipinski definition) is 4. The third kappa shape index (κ3) is 4.28. The number of hydrogen-bond donors (Lipinski definition) is 1. The Morgan fingerprint density at radius 2 is 2.18 bits per heavy atom. The molecule has 1 aromatic rings. The van der Waals surface area contributed by atoms with Crippen molar-refractivity contribution in [2.45, 2.75) is 11.8 Å². The molecule has 0 amide bonds. The summed E-state index contributed by atoms with van der Waals surface area (Å²) in [5.74, 6) is -0.595. The largest absolute Gasteiger partial charge is 0.478 e. The standard InChI is InChI=1S/C11H11NO4S/c1-8(6-11(13)14)7-17-10-5-3-2-4-9(10)12(15)16/h2-6H,7H2,1H3,(H,13,14). The lowest BCUT2D eigenvalue weighted by Gasteiger charge is -2.02. The van der Waals surface area contributed by atoms with Gasteiger partial charge in [0.25, 0.3) is 5.69 Å². The Bertz CT molecular complexity index is 470. The summed E-state index contributed by atoms with van der Waals surface area (Å²) in [6.07, 6.45) is 1.10. The van der Waals surface area contributed by atoms with Crippen molar-refractivity contribution in [3.63, 3.8) is 0 Å². The van der Waals surface area contributed by atoms with E-state index in [9.17, 15) is 14.9 Å². The van der Waals surface area contributed by atoms with Gasteiger partial charge in [-0.1, -0.05) is 17.7 Å². The molecule has 6 heteroatoms. The molecule has 0 bridgehead atoms. The number of rotatable bonds is 5. The smallest absolute Gasteiger partial charge is 0.328 e. The Labute approximate surface area is 102 Å². The van der Waals surface area contributed by atoms with Gasteiger partial charge in [-0.2, -0.15) is 0 Å². The third-order valence-electron chi connectivity index (χ3n) is 1.89. The first-order valence-electron chi connectivity index (χ1n) is 4.77. The highest BCUT2D eigenvalue weighted by atomic mass is 32.2. The van der Waals surface area contributed by atoms with E-state index in [1.807, 2.05) is 0 Å². The highest BCUT2D eigenvalue weighted by Crippen LogP contribution is 2.29. The van der Waals surface area contributed by atoms with Crippen LogP contribution in [0.25, 0.3) is 0 Å². The van der Waals surface area contributed by atoms with E-state index in [-0.39, 0.29) is 5.69 Å². The monoisotopic (exact) mass is 253 g/mol. The van der Waals surface area contributed by atoms with E-state index in [2.05, 4.69) is 0 Å². The third-order valence-corrected chi connectivity index (χ3v) is 3.14. The number of thioether (sulfide) groups is 1. The number of nitrogens with zero attached hydrogens (tertiary/aromatic N) is 1. The second-order valence-electron chi connectivity index (χ2n) is 3.34. The van der Waals surface area contributed by atoms with Gasteiger partial charge in [0.1, 0.15) is 0 Å². The zero-order chi connectivity index (χ0) is 12.8. The van der Waals surface area contributed by atoms with Crippen molar-refractivity contribution in [3.05, 3.63) is 46.0 Å². The van der Waals surface area contributed by atoms with E-state index in [1.54, 1.807) is 25.1 Å². The molecule has 17 heavy (non-hydrogen) atoms. The Balaban J connectivity index is 2.76. The lowest BCUT2D eigenvalue weighted by Crippen LogP contribution is -1.94. The van der Waals surface area contributed by atoms with Crippen molar-refractivity contribution in [2.24, 2.45) is 0 Å². The summed E-state index contributed by atoms with van der Waals surface area (Å²) in [5, 5.41) is 19.3. The maximum atomic E-state index is 10.7. The zero-order valence-corrected chi connectivity index (χ0v) is 9.94. The summed E-state index contributed by atoms with van der Waals surface area (Å²) in [6.45, 7) is 1.68. The van der Waals surface area contributed by atoms with Gasteiger partial charge in [0.05, 0.1) is 9.82 Å². The van der Waals surface area contributed by atoms with Crippen LogP contribution in [0.4, 0.5) is 5.69 Å². The molecule has 90 valence electrons. The van der Waals surface area contributed by atoms with E-state index >= 15 is 0 Å². The van der Waals surface area contributed by atoms with Crippen molar-refractivity contribution in [1.29, 1.82) is 0 Å². The summed E-state index contributed by atoms with van der Waals surface area (Å²) in [6, 6.07) is 6.39. The Morgan fingerprint density at radius 1 is 1.53 bits per heavy atom. The van der Waals surface area contributed by atoms with Crippen LogP contribution in [0, 0.1) is 10.1 Å². The van der Waals surface area contributed by atoms with Gasteiger partial charge >= 0.3 is 5.97 Å². The molecule has 0 heterocycles. The summed E-state index contributed by atoms with van der Waals surface area (Å²) in [4.78, 5) is 21.2. The summed E-state index contributed by atoms with van der Waals surface area (Å²) in [7, 11) is 0. The highest BCUT2D eigenvalue weighted by molar-refractivity contribution is 7.99. The minimum atomic E-state index is -1.01. The number of nitro benzene ring substituents is 1. The van der Waals surface area contributed by atoms with Crippen LogP contribution in [-0.2, 0) is 4.79 Å². The van der Waals surface area contributed by atoms with Crippen molar-refractivity contribution in [2.75, 3.05) is 5.75 Å². The van der Waals surface area contributed by atoms with Gasteiger partial charge in [-0.3, -0.25) is 10.1 Å². The fourth-order valence-corrected chi connectivity index (χ4v) is 2.11. The number of carbonyl (C=O) groups is 1. The SMILES string of the molecule is CC(=CC(=O)O)CSc1ccccc1[N+](=O)[O-]. The van der Waals surface area contributed by atoms with Gasteiger partial charge in [0.15, 0.2) is 0 Å². The highest BCUT2D eigenvalue weighted by Gasteiger charge is 2.12. The average molecular weight is 253 g/mol. The molecule has 0 atom stereocenters. The van der Waals surface area contributed by atoms with Gasteiger partial charge in [-0.15, -0.1) is 11.8 Å². The molecule has 1 aromatic carbocycles. The lowest BCUT2D eigenvalue weighted by atomic mass is 10.3. The van der Waals surface area contributed by atoms with Crippen molar-refractivity contribution in [3.8, 4) is 0 Å². The number of nitro groups is 1. The number of para-hydroxylation sites is 1. The average Bonchev–Trinajstić information content (AvgIpc) is 2.25. The van der Waals surface area contributed by atoms with E-state index in [0.29, 0.717) is 16.2 Å². The second-order valence-corrected chi connectivity index (χ2v) is 4.36. The normalized spacial score (nSPS) is 11.2. The van der Waals surface area contributed by atoms with E-state index < -0.39 is 10.9 Å². The van der Waals surface area contributed by atoms with Gasteiger partial charge in [-0.05, 0) is 13.0 Å². The van der Waals surface area contributed by atoms with Gasteiger partial charge in [-0.25, -0.2) is 4.79 Å². The molecule has 0 aliphatic rings. The number of carboxylic acids is 1. The summed E-state index contributed by atoms with van der Waals surface area (Å²) in [5.41, 5.74) is 0.696. The fraction of sp³-hybridized carbons (Fsp3) is 0.182. The molecule has 0 aliphatic carbocycles. The van der Waals surface area contributed by atoms with Crippen LogP contribution in [0.15, 0.2) is 40.8 Å². The molecular formula is C11H11NO4S. The first kappa shape index (κ1) is 13.2. The minimum Gasteiger partial charge on any atom is -0.478 e. The van der Waals surface area contributed by atoms with Crippen LogP contribution in [0.1, 0.15) is 6.92 Å². The zero-order valence-electron chi connectivity index (χ0n) is 9.12. The second kappa shape index (κ2) is 6.05. The molecule has 5 nitrogen and oxygen atoms in total. The number of carboxylic acid groups (broad SMARTS) is 1. The Morgan fingerprint density at radius 3 is 2.76 bits per heavy atom. The maximum absolute atomic E-state index is 10.7. The van der Waals surface area contributed by atoms with Crippen LogP contribution in [-0.4, -0.2) is 21.8 Å². The summed E-state index contributed by atoms with van der Waals surface area (Å²) >= 11 is 1.25. The van der Waals surface area contributed by atoms with Crippen molar-refractivity contribution >= 4 is 23.4 Å². The molecule has 1 N–H and O–H groups in total. The number of aliphatic carboxylic acids is 1. The first-order chi connectivity index (χ1) is 8.00. The molecule has 0 aliphatic heterocycles. The van der Waals surface area contributed by atoms with Gasteiger partial charge in [0, 0.05) is 17.9 Å². The van der Waals surface area contributed by atoms with Crippen LogP contribution in [0.2, 0.25) is 0 Å². The van der Waals surface area contributed by atoms with Gasteiger partial charge < -0.3 is 5.11 Å². The molecule has 1 rings (SSSR count). The Hall–Kier alpha value is -1.82. The van der Waals surface area contributed by atoms with Crippen molar-refractivity contribution < 1.29 is 14.8 Å². The van der Waals surface area contributed by atoms with E-state index in [4.69, 9.17) is 5.11 Å². The molecular weight excluding hydrogens is 242 g/mol. The number of benzene rings is 1.